The summed E-state index contributed by atoms with van der Waals surface area (Å²) >= 11 is 0. The number of carbonyl (C=O) groups excluding carboxylic acids is 1. The Morgan fingerprint density at radius 2 is 2.13 bits per heavy atom. The summed E-state index contributed by atoms with van der Waals surface area (Å²) in [5.41, 5.74) is 0. The lowest BCUT2D eigenvalue weighted by atomic mass is 10.1. The number of hydrogen-bond donors (Lipinski definition) is 1. The summed E-state index contributed by atoms with van der Waals surface area (Å²) in [6, 6.07) is 0. The molecule has 15 heavy (non-hydrogen) atoms. The summed E-state index contributed by atoms with van der Waals surface area (Å²) in [6.45, 7) is 8.74. The third-order valence-corrected chi connectivity index (χ3v) is 2.46. The highest BCUT2D eigenvalue weighted by Gasteiger charge is 2.02. The number of esters is 1. The number of unbranched alkanes of at least 4 members (excludes halogenated alkanes) is 1. The molecule has 0 aliphatic carbocycles. The number of rotatable bonds is 9. The summed E-state index contributed by atoms with van der Waals surface area (Å²) in [5, 5.41) is 3.26. The Labute approximate surface area is 93.6 Å². The molecule has 3 nitrogen and oxygen atoms in total. The van der Waals surface area contributed by atoms with Crippen molar-refractivity contribution >= 4 is 5.97 Å². The molecule has 0 aliphatic heterocycles. The van der Waals surface area contributed by atoms with E-state index in [9.17, 15) is 4.79 Å². The highest BCUT2D eigenvalue weighted by Crippen LogP contribution is 1.97. The van der Waals surface area contributed by atoms with E-state index in [0.717, 1.165) is 25.9 Å². The zero-order chi connectivity index (χ0) is 11.5. The predicted molar refractivity (Wildman–Crippen MR) is 62.8 cm³/mol. The van der Waals surface area contributed by atoms with Gasteiger partial charge in [-0.3, -0.25) is 4.79 Å². The Morgan fingerprint density at radius 3 is 2.73 bits per heavy atom. The van der Waals surface area contributed by atoms with E-state index in [0.29, 0.717) is 18.9 Å². The SMILES string of the molecule is CCCCOC(=O)CCNCC(C)CC. The highest BCUT2D eigenvalue weighted by atomic mass is 16.5. The summed E-state index contributed by atoms with van der Waals surface area (Å²) in [5.74, 6) is 0.598. The average molecular weight is 215 g/mol. The van der Waals surface area contributed by atoms with Gasteiger partial charge in [0.15, 0.2) is 0 Å². The van der Waals surface area contributed by atoms with E-state index in [4.69, 9.17) is 4.74 Å². The van der Waals surface area contributed by atoms with Gasteiger partial charge in [-0.25, -0.2) is 0 Å². The number of ether oxygens (including phenoxy) is 1. The molecular weight excluding hydrogens is 190 g/mol. The maximum absolute atomic E-state index is 11.2. The third kappa shape index (κ3) is 9.73. The molecular formula is C12H25NO2. The standard InChI is InChI=1S/C12H25NO2/c1-4-6-9-15-12(14)7-8-13-10-11(3)5-2/h11,13H,4-10H2,1-3H3. The van der Waals surface area contributed by atoms with Gasteiger partial charge in [0.1, 0.15) is 0 Å². The Morgan fingerprint density at radius 1 is 1.40 bits per heavy atom. The molecule has 0 aromatic carbocycles. The zero-order valence-corrected chi connectivity index (χ0v) is 10.3. The van der Waals surface area contributed by atoms with Gasteiger partial charge in [0.05, 0.1) is 13.0 Å². The van der Waals surface area contributed by atoms with E-state index in [2.05, 4.69) is 26.1 Å². The second kappa shape index (κ2) is 9.97. The first-order valence-electron chi connectivity index (χ1n) is 6.07. The van der Waals surface area contributed by atoms with Crippen LogP contribution < -0.4 is 5.32 Å². The second-order valence-corrected chi connectivity index (χ2v) is 4.04. The Bertz CT molecular complexity index is 160. The van der Waals surface area contributed by atoms with Crippen LogP contribution in [0.4, 0.5) is 0 Å². The first-order chi connectivity index (χ1) is 7.20. The van der Waals surface area contributed by atoms with Gasteiger partial charge in [-0.2, -0.15) is 0 Å². The van der Waals surface area contributed by atoms with Gasteiger partial charge in [-0.05, 0) is 18.9 Å². The molecule has 0 spiro atoms. The highest BCUT2D eigenvalue weighted by molar-refractivity contribution is 5.69. The summed E-state index contributed by atoms with van der Waals surface area (Å²) in [6.07, 6.45) is 3.69. The molecule has 0 saturated heterocycles. The minimum absolute atomic E-state index is 0.0832. The molecule has 0 amide bonds. The number of nitrogens with one attached hydrogen (secondary N) is 1. The topological polar surface area (TPSA) is 38.3 Å². The maximum atomic E-state index is 11.2. The number of hydrogen-bond acceptors (Lipinski definition) is 3. The first-order valence-corrected chi connectivity index (χ1v) is 6.07. The van der Waals surface area contributed by atoms with E-state index >= 15 is 0 Å². The van der Waals surface area contributed by atoms with Crippen LogP contribution in [0.5, 0.6) is 0 Å². The molecule has 0 saturated carbocycles. The van der Waals surface area contributed by atoms with Crippen LogP contribution in [0.3, 0.4) is 0 Å². The fourth-order valence-electron chi connectivity index (χ4n) is 1.09. The van der Waals surface area contributed by atoms with Crippen LogP contribution in [-0.4, -0.2) is 25.7 Å². The molecule has 3 heteroatoms. The first kappa shape index (κ1) is 14.4. The lowest BCUT2D eigenvalue weighted by Crippen LogP contribution is -2.24. The molecule has 90 valence electrons. The van der Waals surface area contributed by atoms with E-state index in [-0.39, 0.29) is 5.97 Å². The van der Waals surface area contributed by atoms with Crippen molar-refractivity contribution in [1.82, 2.24) is 5.32 Å². The molecule has 0 rings (SSSR count). The smallest absolute Gasteiger partial charge is 0.307 e. The van der Waals surface area contributed by atoms with Crippen molar-refractivity contribution < 1.29 is 9.53 Å². The molecule has 0 aromatic rings. The molecule has 1 N–H and O–H groups in total. The molecule has 0 radical (unpaired) electrons. The summed E-state index contributed by atoms with van der Waals surface area (Å²) in [4.78, 5) is 11.2. The van der Waals surface area contributed by atoms with Gasteiger partial charge < -0.3 is 10.1 Å². The van der Waals surface area contributed by atoms with Crippen molar-refractivity contribution in [2.75, 3.05) is 19.7 Å². The van der Waals surface area contributed by atoms with Crippen molar-refractivity contribution in [2.45, 2.75) is 46.5 Å². The van der Waals surface area contributed by atoms with Crippen molar-refractivity contribution in [2.24, 2.45) is 5.92 Å². The van der Waals surface area contributed by atoms with Crippen LogP contribution >= 0.6 is 0 Å². The third-order valence-electron chi connectivity index (χ3n) is 2.46. The molecule has 0 aromatic heterocycles. The maximum Gasteiger partial charge on any atom is 0.307 e. The second-order valence-electron chi connectivity index (χ2n) is 4.04. The molecule has 0 aliphatic rings. The van der Waals surface area contributed by atoms with Gasteiger partial charge >= 0.3 is 5.97 Å². The monoisotopic (exact) mass is 215 g/mol. The minimum Gasteiger partial charge on any atom is -0.466 e. The lowest BCUT2D eigenvalue weighted by Gasteiger charge is -2.09. The fraction of sp³-hybridized carbons (Fsp3) is 0.917. The summed E-state index contributed by atoms with van der Waals surface area (Å²) < 4.78 is 5.04. The van der Waals surface area contributed by atoms with Crippen LogP contribution in [-0.2, 0) is 9.53 Å². The van der Waals surface area contributed by atoms with Crippen molar-refractivity contribution in [3.63, 3.8) is 0 Å². The molecule has 1 atom stereocenters. The quantitative estimate of drug-likeness (QED) is 0.474. The Kier molecular flexibility index (Phi) is 9.59. The van der Waals surface area contributed by atoms with Crippen molar-refractivity contribution in [1.29, 1.82) is 0 Å². The Hall–Kier alpha value is -0.570. The van der Waals surface area contributed by atoms with Gasteiger partial charge in [0.25, 0.3) is 0 Å². The molecule has 0 heterocycles. The minimum atomic E-state index is -0.0832. The Balaban J connectivity index is 3.23. The van der Waals surface area contributed by atoms with Crippen LogP contribution in [0.25, 0.3) is 0 Å². The molecule has 1 unspecified atom stereocenters. The van der Waals surface area contributed by atoms with Gasteiger partial charge in [0.2, 0.25) is 0 Å². The molecule has 0 fully saturated rings. The number of carbonyl (C=O) groups is 1. The van der Waals surface area contributed by atoms with E-state index in [1.54, 1.807) is 0 Å². The van der Waals surface area contributed by atoms with Crippen LogP contribution in [0.15, 0.2) is 0 Å². The van der Waals surface area contributed by atoms with Crippen molar-refractivity contribution in [3.05, 3.63) is 0 Å². The zero-order valence-electron chi connectivity index (χ0n) is 10.3. The fourth-order valence-corrected chi connectivity index (χ4v) is 1.09. The lowest BCUT2D eigenvalue weighted by molar-refractivity contribution is -0.143. The van der Waals surface area contributed by atoms with Gasteiger partial charge in [0, 0.05) is 6.54 Å². The van der Waals surface area contributed by atoms with Crippen LogP contribution in [0.2, 0.25) is 0 Å². The van der Waals surface area contributed by atoms with E-state index < -0.39 is 0 Å². The average Bonchev–Trinajstić information content (AvgIpc) is 2.24. The predicted octanol–water partition coefficient (Wildman–Crippen LogP) is 2.36. The normalized spacial score (nSPS) is 12.5. The van der Waals surface area contributed by atoms with Crippen LogP contribution in [0.1, 0.15) is 46.5 Å². The van der Waals surface area contributed by atoms with E-state index in [1.165, 1.54) is 6.42 Å². The van der Waals surface area contributed by atoms with Gasteiger partial charge in [-0.1, -0.05) is 33.6 Å². The largest absolute Gasteiger partial charge is 0.466 e. The van der Waals surface area contributed by atoms with E-state index in [1.807, 2.05) is 0 Å². The van der Waals surface area contributed by atoms with Crippen LogP contribution in [0, 0.1) is 5.92 Å². The summed E-state index contributed by atoms with van der Waals surface area (Å²) in [7, 11) is 0. The van der Waals surface area contributed by atoms with Gasteiger partial charge in [-0.15, -0.1) is 0 Å². The molecule has 0 bridgehead atoms. The van der Waals surface area contributed by atoms with Crippen molar-refractivity contribution in [3.8, 4) is 0 Å².